The number of hydrogen-bond donors (Lipinski definition) is 2. The minimum Gasteiger partial charge on any atom is -0.478 e. The molecule has 0 saturated heterocycles. The molecule has 0 saturated carbocycles. The molecule has 2 N–H and O–H groups in total. The SMILES string of the molecule is Cc1ccc(S(=O)(=O)Oc2cccc(/C=N/Nc3ccc(C(=O)O)cc3)c2)cc1. The van der Waals surface area contributed by atoms with Crippen LogP contribution in [0.5, 0.6) is 5.75 Å². The molecule has 0 aliphatic carbocycles. The van der Waals surface area contributed by atoms with Gasteiger partial charge < -0.3 is 9.29 Å². The van der Waals surface area contributed by atoms with E-state index in [4.69, 9.17) is 9.29 Å². The van der Waals surface area contributed by atoms with E-state index < -0.39 is 16.1 Å². The Labute approximate surface area is 168 Å². The molecular formula is C21H18N2O5S. The molecule has 0 heterocycles. The molecule has 0 aliphatic heterocycles. The summed E-state index contributed by atoms with van der Waals surface area (Å²) in [5.41, 5.74) is 5.14. The second kappa shape index (κ2) is 8.57. The number of aromatic carboxylic acids is 1. The second-order valence-electron chi connectivity index (χ2n) is 6.18. The average molecular weight is 410 g/mol. The van der Waals surface area contributed by atoms with E-state index in [-0.39, 0.29) is 16.2 Å². The van der Waals surface area contributed by atoms with E-state index in [0.717, 1.165) is 5.56 Å². The van der Waals surface area contributed by atoms with Crippen molar-refractivity contribution in [3.63, 3.8) is 0 Å². The minimum absolute atomic E-state index is 0.0774. The average Bonchev–Trinajstić information content (AvgIpc) is 2.69. The molecule has 0 atom stereocenters. The van der Waals surface area contributed by atoms with Gasteiger partial charge in [-0.25, -0.2) is 4.79 Å². The Morgan fingerprint density at radius 2 is 1.72 bits per heavy atom. The summed E-state index contributed by atoms with van der Waals surface area (Å²) >= 11 is 0. The predicted molar refractivity (Wildman–Crippen MR) is 110 cm³/mol. The molecule has 0 amide bonds. The third kappa shape index (κ3) is 5.43. The van der Waals surface area contributed by atoms with Crippen molar-refractivity contribution in [2.24, 2.45) is 5.10 Å². The highest BCUT2D eigenvalue weighted by molar-refractivity contribution is 7.87. The molecule has 148 valence electrons. The Hall–Kier alpha value is -3.65. The molecule has 7 nitrogen and oxygen atoms in total. The molecule has 0 fully saturated rings. The van der Waals surface area contributed by atoms with Crippen LogP contribution in [0.4, 0.5) is 5.69 Å². The lowest BCUT2D eigenvalue weighted by atomic mass is 10.2. The van der Waals surface area contributed by atoms with E-state index in [1.807, 2.05) is 6.92 Å². The first-order valence-corrected chi connectivity index (χ1v) is 9.98. The van der Waals surface area contributed by atoms with Crippen LogP contribution in [0.3, 0.4) is 0 Å². The molecule has 29 heavy (non-hydrogen) atoms. The van der Waals surface area contributed by atoms with Crippen LogP contribution < -0.4 is 9.61 Å². The van der Waals surface area contributed by atoms with Gasteiger partial charge in [-0.2, -0.15) is 13.5 Å². The van der Waals surface area contributed by atoms with E-state index in [0.29, 0.717) is 11.3 Å². The van der Waals surface area contributed by atoms with Crippen LogP contribution in [0.1, 0.15) is 21.5 Å². The number of nitrogens with one attached hydrogen (secondary N) is 1. The maximum Gasteiger partial charge on any atom is 0.339 e. The van der Waals surface area contributed by atoms with Crippen LogP contribution in [-0.2, 0) is 10.1 Å². The summed E-state index contributed by atoms with van der Waals surface area (Å²) in [6, 6.07) is 19.0. The number of aryl methyl sites for hydroxylation is 1. The Kier molecular flexibility index (Phi) is 5.94. The number of rotatable bonds is 7. The van der Waals surface area contributed by atoms with Gasteiger partial charge in [-0.15, -0.1) is 0 Å². The Morgan fingerprint density at radius 3 is 2.38 bits per heavy atom. The van der Waals surface area contributed by atoms with Crippen molar-refractivity contribution >= 4 is 28.0 Å². The molecule has 3 aromatic carbocycles. The van der Waals surface area contributed by atoms with Crippen LogP contribution in [0.15, 0.2) is 82.8 Å². The minimum atomic E-state index is -3.93. The molecule has 0 aromatic heterocycles. The van der Waals surface area contributed by atoms with E-state index in [1.54, 1.807) is 48.5 Å². The Morgan fingerprint density at radius 1 is 1.03 bits per heavy atom. The van der Waals surface area contributed by atoms with Crippen molar-refractivity contribution in [2.45, 2.75) is 11.8 Å². The first-order valence-electron chi connectivity index (χ1n) is 8.57. The molecule has 0 bridgehead atoms. The molecular weight excluding hydrogens is 392 g/mol. The Bertz CT molecular complexity index is 1140. The normalized spacial score (nSPS) is 11.3. The van der Waals surface area contributed by atoms with Crippen molar-refractivity contribution in [2.75, 3.05) is 5.43 Å². The van der Waals surface area contributed by atoms with Gasteiger partial charge in [0.05, 0.1) is 17.5 Å². The number of nitrogens with zero attached hydrogens (tertiary/aromatic N) is 1. The van der Waals surface area contributed by atoms with Crippen LogP contribution in [0.2, 0.25) is 0 Å². The first-order chi connectivity index (χ1) is 13.8. The second-order valence-corrected chi connectivity index (χ2v) is 7.72. The fraction of sp³-hybridized carbons (Fsp3) is 0.0476. The number of hydrazone groups is 1. The molecule has 0 radical (unpaired) electrons. The summed E-state index contributed by atoms with van der Waals surface area (Å²) in [6.07, 6.45) is 1.50. The highest BCUT2D eigenvalue weighted by atomic mass is 32.2. The molecule has 0 unspecified atom stereocenters. The lowest BCUT2D eigenvalue weighted by Crippen LogP contribution is -2.09. The number of carboxylic acids is 1. The van der Waals surface area contributed by atoms with E-state index in [1.165, 1.54) is 30.5 Å². The van der Waals surface area contributed by atoms with Crippen LogP contribution in [0.25, 0.3) is 0 Å². The highest BCUT2D eigenvalue weighted by Gasteiger charge is 2.16. The van der Waals surface area contributed by atoms with Crippen molar-refractivity contribution in [1.82, 2.24) is 0 Å². The fourth-order valence-electron chi connectivity index (χ4n) is 2.40. The van der Waals surface area contributed by atoms with Crippen LogP contribution in [-0.4, -0.2) is 25.7 Å². The first kappa shape index (κ1) is 20.1. The number of hydrogen-bond acceptors (Lipinski definition) is 6. The number of benzene rings is 3. The molecule has 8 heteroatoms. The smallest absolute Gasteiger partial charge is 0.339 e. The van der Waals surface area contributed by atoms with Gasteiger partial charge >= 0.3 is 16.1 Å². The van der Waals surface area contributed by atoms with E-state index in [9.17, 15) is 13.2 Å². The van der Waals surface area contributed by atoms with E-state index >= 15 is 0 Å². The van der Waals surface area contributed by atoms with Crippen LogP contribution in [0, 0.1) is 6.92 Å². The maximum absolute atomic E-state index is 12.4. The summed E-state index contributed by atoms with van der Waals surface area (Å²) in [5.74, 6) is -0.835. The van der Waals surface area contributed by atoms with Crippen molar-refractivity contribution in [3.8, 4) is 5.75 Å². The Balaban J connectivity index is 1.68. The summed E-state index contributed by atoms with van der Waals surface area (Å²) in [6.45, 7) is 1.87. The summed E-state index contributed by atoms with van der Waals surface area (Å²) < 4.78 is 30.0. The number of carboxylic acid groups (broad SMARTS) is 1. The third-order valence-corrected chi connectivity index (χ3v) is 5.17. The molecule has 0 aliphatic rings. The van der Waals surface area contributed by atoms with E-state index in [2.05, 4.69) is 10.5 Å². The highest BCUT2D eigenvalue weighted by Crippen LogP contribution is 2.20. The third-order valence-electron chi connectivity index (χ3n) is 3.91. The van der Waals surface area contributed by atoms with Gasteiger partial charge in [-0.05, 0) is 61.0 Å². The summed E-state index contributed by atoms with van der Waals surface area (Å²) in [5, 5.41) is 13.0. The van der Waals surface area contributed by atoms with Crippen molar-refractivity contribution in [3.05, 3.63) is 89.5 Å². The maximum atomic E-state index is 12.4. The topological polar surface area (TPSA) is 105 Å². The van der Waals surface area contributed by atoms with Gasteiger partial charge in [-0.1, -0.05) is 29.8 Å². The lowest BCUT2D eigenvalue weighted by Gasteiger charge is -2.08. The number of anilines is 1. The molecule has 0 spiro atoms. The molecule has 3 rings (SSSR count). The standard InChI is InChI=1S/C21H18N2O5S/c1-15-5-11-20(12-6-15)29(26,27)28-19-4-2-3-16(13-19)14-22-23-18-9-7-17(8-10-18)21(24)25/h2-14,23H,1H3,(H,24,25)/b22-14+. The zero-order chi connectivity index (χ0) is 20.9. The predicted octanol–water partition coefficient (Wildman–Crippen LogP) is 3.91. The quantitative estimate of drug-likeness (QED) is 0.348. The fourth-order valence-corrected chi connectivity index (χ4v) is 3.32. The largest absolute Gasteiger partial charge is 0.478 e. The zero-order valence-corrected chi connectivity index (χ0v) is 16.3. The monoisotopic (exact) mass is 410 g/mol. The van der Waals surface area contributed by atoms with Gasteiger partial charge in [-0.3, -0.25) is 5.43 Å². The zero-order valence-electron chi connectivity index (χ0n) is 15.4. The lowest BCUT2D eigenvalue weighted by molar-refractivity contribution is 0.0697. The molecule has 3 aromatic rings. The van der Waals surface area contributed by atoms with Gasteiger partial charge in [0.2, 0.25) is 0 Å². The summed E-state index contributed by atoms with van der Waals surface area (Å²) in [7, 11) is -3.93. The van der Waals surface area contributed by atoms with Gasteiger partial charge in [0.1, 0.15) is 10.6 Å². The van der Waals surface area contributed by atoms with Gasteiger partial charge in [0.25, 0.3) is 0 Å². The van der Waals surface area contributed by atoms with Crippen molar-refractivity contribution in [1.29, 1.82) is 0 Å². The van der Waals surface area contributed by atoms with Crippen LogP contribution >= 0.6 is 0 Å². The van der Waals surface area contributed by atoms with Gasteiger partial charge in [0.15, 0.2) is 0 Å². The number of carbonyl (C=O) groups is 1. The van der Waals surface area contributed by atoms with Gasteiger partial charge in [0, 0.05) is 0 Å². The summed E-state index contributed by atoms with van der Waals surface area (Å²) in [4.78, 5) is 10.9. The van der Waals surface area contributed by atoms with Crippen molar-refractivity contribution < 1.29 is 22.5 Å².